The van der Waals surface area contributed by atoms with Crippen LogP contribution in [0.3, 0.4) is 0 Å². The minimum Gasteiger partial charge on any atom is -0.477 e. The van der Waals surface area contributed by atoms with Crippen molar-refractivity contribution >= 4 is 5.90 Å². The van der Waals surface area contributed by atoms with Gasteiger partial charge in [-0.3, -0.25) is 9.89 Å². The Labute approximate surface area is 305 Å². The van der Waals surface area contributed by atoms with E-state index in [-0.39, 0.29) is 0 Å². The topological polar surface area (TPSA) is 66.1 Å². The van der Waals surface area contributed by atoms with Crippen LogP contribution in [0, 0.1) is 5.92 Å². The molecule has 1 aliphatic carbocycles. The highest BCUT2D eigenvalue weighted by Gasteiger charge is 2.37. The molecular weight excluding hydrogens is 622 g/mol. The van der Waals surface area contributed by atoms with Crippen LogP contribution in [0.1, 0.15) is 108 Å². The van der Waals surface area contributed by atoms with Gasteiger partial charge in [0.15, 0.2) is 0 Å². The minimum atomic E-state index is -0.721. The fourth-order valence-corrected chi connectivity index (χ4v) is 7.03. The summed E-state index contributed by atoms with van der Waals surface area (Å²) < 4.78 is 19.3. The maximum atomic E-state index is 13.4. The minimum absolute atomic E-state index is 0.521. The fraction of sp³-hybridized carbons (Fsp3) is 0.605. The molecule has 1 unspecified atom stereocenters. The number of likely N-dealkylation sites (tertiary alicyclic amines) is 2. The van der Waals surface area contributed by atoms with Crippen molar-refractivity contribution in [3.05, 3.63) is 95.3 Å². The number of nitrogens with zero attached hydrogens (tertiary/aromatic N) is 3. The van der Waals surface area contributed by atoms with E-state index < -0.39 is 6.17 Å². The van der Waals surface area contributed by atoms with Crippen molar-refractivity contribution in [3.8, 4) is 0 Å². The molecule has 5 rings (SSSR count). The van der Waals surface area contributed by atoms with Gasteiger partial charge >= 0.3 is 0 Å². The highest BCUT2D eigenvalue weighted by atomic mass is 19.1. The molecule has 2 aliphatic heterocycles. The zero-order valence-electron chi connectivity index (χ0n) is 32.8. The lowest BCUT2D eigenvalue weighted by Crippen LogP contribution is -2.35. The Morgan fingerprint density at radius 1 is 1.00 bits per heavy atom. The predicted molar refractivity (Wildman–Crippen MR) is 214 cm³/mol. The Morgan fingerprint density at radius 2 is 1.60 bits per heavy atom. The van der Waals surface area contributed by atoms with Crippen molar-refractivity contribution in [3.63, 3.8) is 0 Å². The number of halogens is 1. The molecule has 0 amide bonds. The second kappa shape index (κ2) is 24.1. The number of ether oxygens (including phenoxy) is 1. The second-order valence-electron chi connectivity index (χ2n) is 14.1. The molecule has 7 heteroatoms. The summed E-state index contributed by atoms with van der Waals surface area (Å²) in [7, 11) is 5.89. The maximum Gasteiger partial charge on any atom is 0.213 e. The van der Waals surface area contributed by atoms with Gasteiger partial charge < -0.3 is 20.7 Å². The molecule has 6 nitrogen and oxygen atoms in total. The molecule has 280 valence electrons. The maximum absolute atomic E-state index is 13.4. The van der Waals surface area contributed by atoms with Gasteiger partial charge in [-0.25, -0.2) is 4.39 Å². The van der Waals surface area contributed by atoms with Crippen LogP contribution in [0.5, 0.6) is 0 Å². The molecule has 0 aromatic heterocycles. The summed E-state index contributed by atoms with van der Waals surface area (Å²) in [5.41, 5.74) is 11.4. The first-order valence-electron chi connectivity index (χ1n) is 19.1. The molecule has 0 radical (unpaired) electrons. The summed E-state index contributed by atoms with van der Waals surface area (Å²) in [4.78, 5) is 8.99. The molecule has 2 heterocycles. The largest absolute Gasteiger partial charge is 0.477 e. The lowest BCUT2D eigenvalue weighted by Gasteiger charge is -2.29. The fourth-order valence-electron chi connectivity index (χ4n) is 7.03. The highest BCUT2D eigenvalue weighted by molar-refractivity contribution is 5.93. The number of aryl methyl sites for hydroxylation is 1. The van der Waals surface area contributed by atoms with Crippen LogP contribution in [-0.2, 0) is 11.2 Å². The van der Waals surface area contributed by atoms with Gasteiger partial charge in [-0.1, -0.05) is 81.4 Å². The third kappa shape index (κ3) is 15.0. The Kier molecular flexibility index (Phi) is 20.7. The Hall–Kier alpha value is -3.16. The number of rotatable bonds is 11. The normalized spacial score (nSPS) is 20.9. The lowest BCUT2D eigenvalue weighted by atomic mass is 9.86. The molecule has 1 saturated carbocycles. The average Bonchev–Trinajstić information content (AvgIpc) is 3.90. The first kappa shape index (κ1) is 43.0. The van der Waals surface area contributed by atoms with Crippen molar-refractivity contribution in [1.82, 2.24) is 15.1 Å². The SMILES string of the molecule is C=CN.CCCc1ccccc1.CC[C@@H]1[C@H](c2ccccc2C2CC2)CCN1CC(C)F.CN=C(OCC1CCN(C)CC1)/C(C)=C(\C)NC. The van der Waals surface area contributed by atoms with Crippen LogP contribution in [0.15, 0.2) is 83.6 Å². The number of aliphatic imine (C=N–C) groups is 1. The van der Waals surface area contributed by atoms with E-state index in [1.807, 2.05) is 20.9 Å². The van der Waals surface area contributed by atoms with Gasteiger partial charge in [0.1, 0.15) is 6.17 Å². The van der Waals surface area contributed by atoms with Crippen molar-refractivity contribution in [2.75, 3.05) is 53.9 Å². The summed E-state index contributed by atoms with van der Waals surface area (Å²) in [5, 5.41) is 3.14. The number of allylic oxidation sites excluding steroid dienone is 1. The van der Waals surface area contributed by atoms with Crippen molar-refractivity contribution in [2.24, 2.45) is 16.6 Å². The zero-order chi connectivity index (χ0) is 36.9. The number of hydrogen-bond donors (Lipinski definition) is 2. The quantitative estimate of drug-likeness (QED) is 0.182. The van der Waals surface area contributed by atoms with Gasteiger partial charge in [0.05, 0.1) is 6.61 Å². The third-order valence-corrected chi connectivity index (χ3v) is 10.1. The van der Waals surface area contributed by atoms with Crippen molar-refractivity contribution in [1.29, 1.82) is 0 Å². The Morgan fingerprint density at radius 3 is 2.12 bits per heavy atom. The van der Waals surface area contributed by atoms with Gasteiger partial charge in [0, 0.05) is 43.9 Å². The van der Waals surface area contributed by atoms with E-state index in [9.17, 15) is 4.39 Å². The van der Waals surface area contributed by atoms with E-state index in [1.165, 1.54) is 69.8 Å². The van der Waals surface area contributed by atoms with E-state index in [4.69, 9.17) is 4.74 Å². The number of benzene rings is 2. The standard InChI is InChI=1S/C18H26FN.C14H27N3O.C9H12.C2H5N/c1-3-18-17(10-11-20(18)12-13(2)19)16-7-5-4-6-15(16)14-8-9-14;1-11(12(2)15-3)14(16-4)18-10-13-6-8-17(5)9-7-13;1-2-6-9-7-4-3-5-8-9;1-2-3/h4-7,13-14,17-18H,3,8-12H2,1-2H3;13,15H,6-10H2,1-5H3;3-5,7-8H,2,6H2,1H3;2H,1,3H2/b;12-11+,16-14?;;/t13?,17-,18+;;;/m0.../s1. The van der Waals surface area contributed by atoms with E-state index in [2.05, 4.69) is 108 Å². The Bertz CT molecular complexity index is 1270. The molecule has 2 aromatic carbocycles. The van der Waals surface area contributed by atoms with Gasteiger partial charge in [0.2, 0.25) is 5.90 Å². The molecule has 3 aliphatic rings. The van der Waals surface area contributed by atoms with Crippen LogP contribution >= 0.6 is 0 Å². The molecular formula is C43H70FN5O. The summed E-state index contributed by atoms with van der Waals surface area (Å²) in [5.74, 6) is 2.84. The summed E-state index contributed by atoms with van der Waals surface area (Å²) >= 11 is 0. The second-order valence-corrected chi connectivity index (χ2v) is 14.1. The van der Waals surface area contributed by atoms with E-state index >= 15 is 0 Å². The number of alkyl halides is 1. The van der Waals surface area contributed by atoms with E-state index in [0.717, 1.165) is 42.7 Å². The number of nitrogens with two attached hydrogens (primary N) is 1. The zero-order valence-corrected chi connectivity index (χ0v) is 32.8. The van der Waals surface area contributed by atoms with E-state index in [1.54, 1.807) is 25.1 Å². The van der Waals surface area contributed by atoms with Crippen LogP contribution in [-0.4, -0.2) is 81.8 Å². The predicted octanol–water partition coefficient (Wildman–Crippen LogP) is 9.10. The first-order chi connectivity index (χ1) is 24.1. The highest BCUT2D eigenvalue weighted by Crippen LogP contribution is 2.46. The van der Waals surface area contributed by atoms with Crippen LogP contribution in [0.2, 0.25) is 0 Å². The van der Waals surface area contributed by atoms with Gasteiger partial charge in [-0.2, -0.15) is 0 Å². The number of hydrogen-bond acceptors (Lipinski definition) is 6. The van der Waals surface area contributed by atoms with Crippen LogP contribution < -0.4 is 11.1 Å². The number of nitrogens with one attached hydrogen (secondary N) is 1. The monoisotopic (exact) mass is 692 g/mol. The Balaban J connectivity index is 0.000000265. The van der Waals surface area contributed by atoms with Crippen molar-refractivity contribution < 1.29 is 9.13 Å². The lowest BCUT2D eigenvalue weighted by molar-refractivity contribution is 0.154. The molecule has 2 aromatic rings. The molecule has 3 atom stereocenters. The van der Waals surface area contributed by atoms with Gasteiger partial charge in [-0.15, -0.1) is 0 Å². The first-order valence-corrected chi connectivity index (χ1v) is 19.1. The summed E-state index contributed by atoms with van der Waals surface area (Å²) in [6, 6.07) is 20.1. The van der Waals surface area contributed by atoms with Crippen LogP contribution in [0.4, 0.5) is 4.39 Å². The molecule has 0 spiro atoms. The van der Waals surface area contributed by atoms with Crippen molar-refractivity contribution in [2.45, 2.75) is 110 Å². The molecule has 50 heavy (non-hydrogen) atoms. The van der Waals surface area contributed by atoms with E-state index in [0.29, 0.717) is 24.4 Å². The van der Waals surface area contributed by atoms with Crippen LogP contribution in [0.25, 0.3) is 0 Å². The third-order valence-electron chi connectivity index (χ3n) is 10.1. The van der Waals surface area contributed by atoms with Gasteiger partial charge in [-0.05, 0) is 127 Å². The van der Waals surface area contributed by atoms with Gasteiger partial charge in [0.25, 0.3) is 0 Å². The smallest absolute Gasteiger partial charge is 0.213 e. The average molecular weight is 692 g/mol. The molecule has 3 N–H and O–H groups in total. The number of piperidine rings is 1. The summed E-state index contributed by atoms with van der Waals surface area (Å²) in [6.45, 7) is 18.1. The summed E-state index contributed by atoms with van der Waals surface area (Å²) in [6.07, 6.45) is 10.4. The molecule has 0 bridgehead atoms. The molecule has 3 fully saturated rings. The molecule has 2 saturated heterocycles.